The zero-order chi connectivity index (χ0) is 12.1. The first-order valence-corrected chi connectivity index (χ1v) is 6.71. The number of anilines is 1. The molecule has 1 N–H and O–H groups in total. The van der Waals surface area contributed by atoms with E-state index >= 15 is 0 Å². The molecule has 1 rings (SSSR count). The highest BCUT2D eigenvalue weighted by Gasteiger charge is 2.11. The molecule has 17 heavy (non-hydrogen) atoms. The van der Waals surface area contributed by atoms with Crippen molar-refractivity contribution in [2.75, 3.05) is 19.0 Å². The van der Waals surface area contributed by atoms with E-state index in [1.807, 2.05) is 25.2 Å². The maximum Gasteiger partial charge on any atom is 0.185 e. The van der Waals surface area contributed by atoms with Crippen LogP contribution in [-0.2, 0) is 6.54 Å². The minimum Gasteiger partial charge on any atom is -0.354 e. The van der Waals surface area contributed by atoms with Crippen LogP contribution in [0.4, 0.5) is 5.13 Å². The van der Waals surface area contributed by atoms with Crippen LogP contribution in [-0.4, -0.2) is 25.1 Å². The summed E-state index contributed by atoms with van der Waals surface area (Å²) in [4.78, 5) is 7.73. The minimum atomic E-state index is 0. The lowest BCUT2D eigenvalue weighted by atomic mass is 10.0. The summed E-state index contributed by atoms with van der Waals surface area (Å²) < 4.78 is 0. The predicted octanol–water partition coefficient (Wildman–Crippen LogP) is 3.16. The van der Waals surface area contributed by atoms with Gasteiger partial charge in [0.15, 0.2) is 5.13 Å². The van der Waals surface area contributed by atoms with Gasteiger partial charge in [0.25, 0.3) is 0 Å². The molecule has 3 nitrogen and oxygen atoms in total. The monoisotopic (exact) mass is 277 g/mol. The van der Waals surface area contributed by atoms with Gasteiger partial charge in [-0.1, -0.05) is 20.8 Å². The highest BCUT2D eigenvalue weighted by atomic mass is 35.5. The van der Waals surface area contributed by atoms with E-state index in [0.29, 0.717) is 12.0 Å². The third-order valence-corrected chi connectivity index (χ3v) is 3.87. The van der Waals surface area contributed by atoms with E-state index < -0.39 is 0 Å². The van der Waals surface area contributed by atoms with E-state index in [4.69, 9.17) is 0 Å². The molecule has 0 fully saturated rings. The van der Waals surface area contributed by atoms with E-state index in [0.717, 1.165) is 11.7 Å². The first-order chi connectivity index (χ1) is 7.54. The molecule has 1 atom stereocenters. The summed E-state index contributed by atoms with van der Waals surface area (Å²) >= 11 is 1.76. The third-order valence-electron chi connectivity index (χ3n) is 2.71. The van der Waals surface area contributed by atoms with Gasteiger partial charge in [0.1, 0.15) is 0 Å². The van der Waals surface area contributed by atoms with Gasteiger partial charge in [-0.3, -0.25) is 0 Å². The molecule has 5 heteroatoms. The summed E-state index contributed by atoms with van der Waals surface area (Å²) in [6.07, 6.45) is 3.15. The number of hydrogen-bond acceptors (Lipinski definition) is 4. The smallest absolute Gasteiger partial charge is 0.185 e. The van der Waals surface area contributed by atoms with Crippen LogP contribution in [0.15, 0.2) is 6.20 Å². The minimum absolute atomic E-state index is 0. The molecule has 1 unspecified atom stereocenters. The van der Waals surface area contributed by atoms with Gasteiger partial charge in [-0.05, 0) is 12.3 Å². The van der Waals surface area contributed by atoms with Crippen molar-refractivity contribution in [2.45, 2.75) is 39.8 Å². The normalized spacial score (nSPS) is 12.4. The van der Waals surface area contributed by atoms with Gasteiger partial charge < -0.3 is 10.2 Å². The zero-order valence-electron chi connectivity index (χ0n) is 11.4. The molecule has 1 heterocycles. The SMILES string of the molecule is CCC(NCc1cnc(N(C)C)s1)C(C)C.Cl. The van der Waals surface area contributed by atoms with Crippen molar-refractivity contribution < 1.29 is 0 Å². The molecule has 0 spiro atoms. The predicted molar refractivity (Wildman–Crippen MR) is 79.4 cm³/mol. The number of nitrogens with zero attached hydrogens (tertiary/aromatic N) is 2. The first kappa shape index (κ1) is 16.7. The van der Waals surface area contributed by atoms with Crippen LogP contribution in [0.5, 0.6) is 0 Å². The Labute approximate surface area is 115 Å². The molecule has 1 aromatic rings. The van der Waals surface area contributed by atoms with E-state index in [2.05, 4.69) is 31.1 Å². The van der Waals surface area contributed by atoms with Gasteiger partial charge in [0.2, 0.25) is 0 Å². The Morgan fingerprint density at radius 2 is 2.06 bits per heavy atom. The van der Waals surface area contributed by atoms with E-state index in [1.165, 1.54) is 11.3 Å². The fourth-order valence-electron chi connectivity index (χ4n) is 1.67. The Kier molecular flexibility index (Phi) is 7.75. The Morgan fingerprint density at radius 3 is 2.47 bits per heavy atom. The van der Waals surface area contributed by atoms with Crippen molar-refractivity contribution >= 4 is 28.9 Å². The van der Waals surface area contributed by atoms with Crippen molar-refractivity contribution in [3.05, 3.63) is 11.1 Å². The van der Waals surface area contributed by atoms with Gasteiger partial charge in [-0.2, -0.15) is 0 Å². The summed E-state index contributed by atoms with van der Waals surface area (Å²) in [5.41, 5.74) is 0. The summed E-state index contributed by atoms with van der Waals surface area (Å²) in [5.74, 6) is 0.686. The number of rotatable bonds is 6. The van der Waals surface area contributed by atoms with Crippen molar-refractivity contribution in [3.63, 3.8) is 0 Å². The van der Waals surface area contributed by atoms with Crippen LogP contribution in [0, 0.1) is 5.92 Å². The molecular weight excluding hydrogens is 254 g/mol. The molecule has 100 valence electrons. The number of hydrogen-bond donors (Lipinski definition) is 1. The summed E-state index contributed by atoms with van der Waals surface area (Å²) in [7, 11) is 4.05. The van der Waals surface area contributed by atoms with E-state index in [9.17, 15) is 0 Å². The Morgan fingerprint density at radius 1 is 1.41 bits per heavy atom. The lowest BCUT2D eigenvalue weighted by Gasteiger charge is -2.20. The van der Waals surface area contributed by atoms with Crippen molar-refractivity contribution in [1.29, 1.82) is 0 Å². The first-order valence-electron chi connectivity index (χ1n) is 5.90. The van der Waals surface area contributed by atoms with E-state index in [-0.39, 0.29) is 12.4 Å². The Balaban J connectivity index is 0.00000256. The molecular formula is C12H24ClN3S. The lowest BCUT2D eigenvalue weighted by molar-refractivity contribution is 0.388. The standard InChI is InChI=1S/C12H23N3S.ClH/c1-6-11(9(2)3)13-7-10-8-14-12(16-10)15(4)5;/h8-9,11,13H,6-7H2,1-5H3;1H. The molecule has 0 saturated heterocycles. The van der Waals surface area contributed by atoms with Crippen LogP contribution >= 0.6 is 23.7 Å². The number of halogens is 1. The van der Waals surface area contributed by atoms with Crippen LogP contribution < -0.4 is 10.2 Å². The second-order valence-corrected chi connectivity index (χ2v) is 5.74. The molecule has 0 saturated carbocycles. The van der Waals surface area contributed by atoms with Gasteiger partial charge >= 0.3 is 0 Å². The molecule has 0 radical (unpaired) electrons. The number of thiazole rings is 1. The van der Waals surface area contributed by atoms with Crippen LogP contribution in [0.25, 0.3) is 0 Å². The molecule has 1 aromatic heterocycles. The molecule has 0 aromatic carbocycles. The number of aromatic nitrogens is 1. The lowest BCUT2D eigenvalue weighted by Crippen LogP contribution is -2.32. The van der Waals surface area contributed by atoms with Gasteiger partial charge in [0, 0.05) is 37.8 Å². The van der Waals surface area contributed by atoms with Gasteiger partial charge in [-0.15, -0.1) is 23.7 Å². The largest absolute Gasteiger partial charge is 0.354 e. The second-order valence-electron chi connectivity index (χ2n) is 4.64. The molecule has 0 aliphatic rings. The van der Waals surface area contributed by atoms with Crippen LogP contribution in [0.1, 0.15) is 32.1 Å². The maximum atomic E-state index is 4.37. The van der Waals surface area contributed by atoms with Crippen LogP contribution in [0.3, 0.4) is 0 Å². The van der Waals surface area contributed by atoms with E-state index in [1.54, 1.807) is 11.3 Å². The van der Waals surface area contributed by atoms with Crippen LogP contribution in [0.2, 0.25) is 0 Å². The van der Waals surface area contributed by atoms with Crippen molar-refractivity contribution in [1.82, 2.24) is 10.3 Å². The molecule has 0 aliphatic heterocycles. The summed E-state index contributed by atoms with van der Waals surface area (Å²) in [6.45, 7) is 7.69. The fraction of sp³-hybridized carbons (Fsp3) is 0.750. The average Bonchev–Trinajstić information content (AvgIpc) is 2.67. The van der Waals surface area contributed by atoms with Gasteiger partial charge in [-0.25, -0.2) is 4.98 Å². The number of nitrogens with one attached hydrogen (secondary N) is 1. The summed E-state index contributed by atoms with van der Waals surface area (Å²) in [5, 5.41) is 4.67. The average molecular weight is 278 g/mol. The molecule has 0 amide bonds. The van der Waals surface area contributed by atoms with Gasteiger partial charge in [0.05, 0.1) is 0 Å². The Bertz CT molecular complexity index is 312. The fourth-order valence-corrected chi connectivity index (χ4v) is 2.45. The topological polar surface area (TPSA) is 28.2 Å². The zero-order valence-corrected chi connectivity index (χ0v) is 13.0. The highest BCUT2D eigenvalue weighted by molar-refractivity contribution is 7.15. The third kappa shape index (κ3) is 5.23. The van der Waals surface area contributed by atoms with Crippen molar-refractivity contribution in [2.24, 2.45) is 5.92 Å². The Hall–Kier alpha value is -0.320. The molecule has 0 aliphatic carbocycles. The summed E-state index contributed by atoms with van der Waals surface area (Å²) in [6, 6.07) is 0.602. The highest BCUT2D eigenvalue weighted by Crippen LogP contribution is 2.20. The van der Waals surface area contributed by atoms with Crippen molar-refractivity contribution in [3.8, 4) is 0 Å². The molecule has 0 bridgehead atoms. The quantitative estimate of drug-likeness (QED) is 0.866. The maximum absolute atomic E-state index is 4.37. The second kappa shape index (κ2) is 7.90.